The van der Waals surface area contributed by atoms with Gasteiger partial charge in [-0.3, -0.25) is 9.97 Å². The molecule has 0 amide bonds. The van der Waals surface area contributed by atoms with Crippen LogP contribution in [0.2, 0.25) is 0 Å². The topological polar surface area (TPSA) is 123 Å². The average Bonchev–Trinajstić information content (AvgIpc) is 3.08. The van der Waals surface area contributed by atoms with Crippen molar-refractivity contribution >= 4 is 27.4 Å². The number of benzene rings is 2. The number of fused-ring (bicyclic) bond motifs is 1. The Bertz CT molecular complexity index is 1570. The van der Waals surface area contributed by atoms with Crippen LogP contribution in [0.15, 0.2) is 106 Å². The third-order valence-corrected chi connectivity index (χ3v) is 6.74. The lowest BCUT2D eigenvalue weighted by atomic mass is 9.95. The molecule has 1 atom stereocenters. The summed E-state index contributed by atoms with van der Waals surface area (Å²) in [6.45, 7) is 2.01. The summed E-state index contributed by atoms with van der Waals surface area (Å²) in [6.07, 6.45) is 4.99. The zero-order valence-electron chi connectivity index (χ0n) is 19.5. The van der Waals surface area contributed by atoms with Gasteiger partial charge in [0.2, 0.25) is 10.0 Å². The third kappa shape index (κ3) is 5.07. The van der Waals surface area contributed by atoms with Crippen molar-refractivity contribution in [3.05, 3.63) is 108 Å². The molecule has 0 saturated heterocycles. The zero-order valence-corrected chi connectivity index (χ0v) is 20.4. The summed E-state index contributed by atoms with van der Waals surface area (Å²) in [5, 5.41) is 8.82. The fourth-order valence-corrected chi connectivity index (χ4v) is 4.59. The second kappa shape index (κ2) is 9.80. The molecule has 3 heterocycles. The Hall–Kier alpha value is -4.21. The van der Waals surface area contributed by atoms with E-state index in [4.69, 9.17) is 15.1 Å². The summed E-state index contributed by atoms with van der Waals surface area (Å²) in [7, 11) is -3.93. The highest BCUT2D eigenvalue weighted by atomic mass is 32.2. The number of nitrogens with two attached hydrogens (primary N) is 1. The number of primary sulfonamides is 1. The number of rotatable bonds is 5. The normalized spacial score (nSPS) is 14.2. The maximum Gasteiger partial charge on any atom is 0.239 e. The lowest BCUT2D eigenvalue weighted by Crippen LogP contribution is -2.29. The number of aromatic nitrogens is 2. The summed E-state index contributed by atoms with van der Waals surface area (Å²) in [6, 6.07) is 23.1. The Balaban J connectivity index is 1.64. The Morgan fingerprint density at radius 1 is 0.917 bits per heavy atom. The molecule has 0 spiro atoms. The van der Waals surface area contributed by atoms with E-state index in [1.807, 2.05) is 55.5 Å². The SMILES string of the molecule is CC(NC1=NC(c2cncc(S(N)(=O)=O)c2)=Nc2cccc(-c3ccccc3)c2C1)c1ccccn1. The molecule has 180 valence electrons. The Labute approximate surface area is 209 Å². The van der Waals surface area contributed by atoms with Crippen LogP contribution in [0.1, 0.15) is 29.8 Å². The molecule has 8 nitrogen and oxygen atoms in total. The first-order valence-corrected chi connectivity index (χ1v) is 12.9. The number of hydrogen-bond acceptors (Lipinski definition) is 7. The summed E-state index contributed by atoms with van der Waals surface area (Å²) in [5.41, 5.74) is 5.20. The molecule has 4 aromatic rings. The molecule has 36 heavy (non-hydrogen) atoms. The van der Waals surface area contributed by atoms with Crippen LogP contribution in [-0.4, -0.2) is 30.1 Å². The lowest BCUT2D eigenvalue weighted by molar-refractivity contribution is 0.597. The molecule has 0 fully saturated rings. The smallest absolute Gasteiger partial charge is 0.239 e. The summed E-state index contributed by atoms with van der Waals surface area (Å²) < 4.78 is 23.9. The maximum atomic E-state index is 11.9. The van der Waals surface area contributed by atoms with Crippen LogP contribution in [0.5, 0.6) is 0 Å². The van der Waals surface area contributed by atoms with Crippen LogP contribution in [0.3, 0.4) is 0 Å². The van der Waals surface area contributed by atoms with Crippen molar-refractivity contribution in [2.75, 3.05) is 0 Å². The fraction of sp³-hybridized carbons (Fsp3) is 0.111. The number of nitrogens with zero attached hydrogens (tertiary/aromatic N) is 4. The van der Waals surface area contributed by atoms with E-state index < -0.39 is 10.0 Å². The minimum Gasteiger partial charge on any atom is -0.365 e. The first-order valence-electron chi connectivity index (χ1n) is 11.4. The summed E-state index contributed by atoms with van der Waals surface area (Å²) >= 11 is 0. The summed E-state index contributed by atoms with van der Waals surface area (Å²) in [4.78, 5) is 18.1. The van der Waals surface area contributed by atoms with E-state index >= 15 is 0 Å². The van der Waals surface area contributed by atoms with Gasteiger partial charge in [-0.2, -0.15) is 0 Å². The molecule has 9 heteroatoms. The van der Waals surface area contributed by atoms with Gasteiger partial charge in [0, 0.05) is 30.6 Å². The Kier molecular flexibility index (Phi) is 6.41. The van der Waals surface area contributed by atoms with Crippen molar-refractivity contribution in [3.8, 4) is 11.1 Å². The molecular formula is C27H24N6O2S. The van der Waals surface area contributed by atoms with Crippen molar-refractivity contribution in [2.45, 2.75) is 24.3 Å². The van der Waals surface area contributed by atoms with Crippen molar-refractivity contribution in [1.29, 1.82) is 0 Å². The number of sulfonamides is 1. The monoisotopic (exact) mass is 496 g/mol. The molecular weight excluding hydrogens is 472 g/mol. The minimum atomic E-state index is -3.93. The van der Waals surface area contributed by atoms with Crippen LogP contribution in [0.4, 0.5) is 5.69 Å². The van der Waals surface area contributed by atoms with E-state index in [1.54, 1.807) is 6.20 Å². The number of amidine groups is 2. The van der Waals surface area contributed by atoms with Gasteiger partial charge in [-0.05, 0) is 47.9 Å². The molecule has 2 aromatic heterocycles. The highest BCUT2D eigenvalue weighted by molar-refractivity contribution is 7.89. The lowest BCUT2D eigenvalue weighted by Gasteiger charge is -2.18. The van der Waals surface area contributed by atoms with Crippen LogP contribution in [0, 0.1) is 0 Å². The third-order valence-electron chi connectivity index (χ3n) is 5.86. The fourth-order valence-electron chi connectivity index (χ4n) is 4.09. The number of aliphatic imine (C=N–C) groups is 2. The maximum absolute atomic E-state index is 11.9. The van der Waals surface area contributed by atoms with Crippen LogP contribution >= 0.6 is 0 Å². The predicted octanol–water partition coefficient (Wildman–Crippen LogP) is 4.17. The Morgan fingerprint density at radius 3 is 2.47 bits per heavy atom. The van der Waals surface area contributed by atoms with Gasteiger partial charge in [0.05, 0.1) is 17.4 Å². The molecule has 3 N–H and O–H groups in total. The van der Waals surface area contributed by atoms with Crippen molar-refractivity contribution < 1.29 is 8.42 Å². The van der Waals surface area contributed by atoms with Gasteiger partial charge in [0.1, 0.15) is 10.7 Å². The molecule has 0 saturated carbocycles. The second-order valence-electron chi connectivity index (χ2n) is 8.41. The molecule has 1 unspecified atom stereocenters. The van der Waals surface area contributed by atoms with Gasteiger partial charge in [-0.15, -0.1) is 0 Å². The van der Waals surface area contributed by atoms with E-state index in [0.29, 0.717) is 23.7 Å². The molecule has 1 aliphatic heterocycles. The van der Waals surface area contributed by atoms with Crippen LogP contribution in [0.25, 0.3) is 11.1 Å². The zero-order chi connectivity index (χ0) is 25.1. The first-order chi connectivity index (χ1) is 17.4. The van der Waals surface area contributed by atoms with E-state index in [2.05, 4.69) is 33.5 Å². The molecule has 0 aliphatic carbocycles. The Morgan fingerprint density at radius 2 is 1.72 bits per heavy atom. The number of nitrogens with one attached hydrogen (secondary N) is 1. The first kappa shape index (κ1) is 23.5. The van der Waals surface area contributed by atoms with E-state index in [9.17, 15) is 8.42 Å². The van der Waals surface area contributed by atoms with Gasteiger partial charge in [-0.25, -0.2) is 23.5 Å². The van der Waals surface area contributed by atoms with Crippen molar-refractivity contribution in [1.82, 2.24) is 15.3 Å². The number of hydrogen-bond donors (Lipinski definition) is 2. The van der Waals surface area contributed by atoms with Gasteiger partial charge in [-0.1, -0.05) is 48.5 Å². The quantitative estimate of drug-likeness (QED) is 0.429. The largest absolute Gasteiger partial charge is 0.365 e. The minimum absolute atomic E-state index is 0.100. The molecule has 0 radical (unpaired) electrons. The van der Waals surface area contributed by atoms with Crippen molar-refractivity contribution in [3.63, 3.8) is 0 Å². The van der Waals surface area contributed by atoms with Gasteiger partial charge in [0.25, 0.3) is 0 Å². The highest BCUT2D eigenvalue weighted by Gasteiger charge is 2.21. The van der Waals surface area contributed by atoms with Crippen molar-refractivity contribution in [2.24, 2.45) is 15.1 Å². The number of pyridine rings is 2. The van der Waals surface area contributed by atoms with E-state index in [-0.39, 0.29) is 10.9 Å². The predicted molar refractivity (Wildman–Crippen MR) is 141 cm³/mol. The molecule has 5 rings (SSSR count). The van der Waals surface area contributed by atoms with E-state index in [0.717, 1.165) is 28.1 Å². The van der Waals surface area contributed by atoms with Crippen LogP contribution < -0.4 is 10.5 Å². The van der Waals surface area contributed by atoms with Gasteiger partial charge >= 0.3 is 0 Å². The van der Waals surface area contributed by atoms with E-state index in [1.165, 1.54) is 18.5 Å². The molecule has 0 bridgehead atoms. The standard InChI is InChI=1S/C27H24N6O2S/c1-18(24-11-5-6-13-30-24)31-26-15-23-22(19-8-3-2-4-9-19)10-7-12-25(23)32-27(33-26)20-14-21(17-29-16-20)36(28,34)35/h2-14,16-18H,15H2,1H3,(H2,28,34,35)(H,31,32,33). The summed E-state index contributed by atoms with van der Waals surface area (Å²) in [5.74, 6) is 1.02. The average molecular weight is 497 g/mol. The highest BCUT2D eigenvalue weighted by Crippen LogP contribution is 2.34. The van der Waals surface area contributed by atoms with Gasteiger partial charge < -0.3 is 5.32 Å². The van der Waals surface area contributed by atoms with Gasteiger partial charge in [0.15, 0.2) is 5.84 Å². The molecule has 1 aliphatic rings. The van der Waals surface area contributed by atoms with Crippen LogP contribution in [-0.2, 0) is 16.4 Å². The molecule has 2 aromatic carbocycles. The second-order valence-corrected chi connectivity index (χ2v) is 9.98.